The van der Waals surface area contributed by atoms with Crippen LogP contribution < -0.4 is 0 Å². The van der Waals surface area contributed by atoms with E-state index in [-0.39, 0.29) is 35.1 Å². The number of hydrogen-bond donors (Lipinski definition) is 1. The molecule has 88 valence electrons. The van der Waals surface area contributed by atoms with Gasteiger partial charge in [0.05, 0.1) is 18.4 Å². The number of rotatable bonds is 3. The normalized spacial score (nSPS) is 26.2. The Morgan fingerprint density at radius 1 is 1.41 bits per heavy atom. The number of thiophene rings is 1. The van der Waals surface area contributed by atoms with Crippen LogP contribution in [0.3, 0.4) is 0 Å². The highest BCUT2D eigenvalue weighted by molar-refractivity contribution is 7.12. The molecule has 1 aromatic rings. The van der Waals surface area contributed by atoms with Crippen molar-refractivity contribution in [2.75, 3.05) is 0 Å². The monoisotopic (exact) mass is 251 g/mol. The molecule has 1 saturated carbocycles. The first-order valence-corrected chi connectivity index (χ1v) is 6.12. The number of carboxylic acids is 1. The Labute approximate surface area is 101 Å². The largest absolute Gasteiger partial charge is 0.477 e. The molecule has 17 heavy (non-hydrogen) atoms. The van der Waals surface area contributed by atoms with Gasteiger partial charge in [-0.25, -0.2) is 4.79 Å². The maximum absolute atomic E-state index is 11.7. The van der Waals surface area contributed by atoms with Gasteiger partial charge in [0.15, 0.2) is 0 Å². The van der Waals surface area contributed by atoms with Crippen LogP contribution in [0.4, 0.5) is 0 Å². The number of hydrogen-bond acceptors (Lipinski definition) is 4. The minimum atomic E-state index is -1.01. The summed E-state index contributed by atoms with van der Waals surface area (Å²) in [6.45, 7) is 0.0931. The van der Waals surface area contributed by atoms with Gasteiger partial charge < -0.3 is 5.11 Å². The fourth-order valence-electron chi connectivity index (χ4n) is 2.22. The van der Waals surface area contributed by atoms with Crippen LogP contribution in [0.1, 0.15) is 21.7 Å². The van der Waals surface area contributed by atoms with Crippen molar-refractivity contribution >= 4 is 29.1 Å². The number of piperidine rings is 1. The number of nitrogens with zero attached hydrogens (tertiary/aromatic N) is 1. The number of carbonyl (C=O) groups is 3. The first-order valence-electron chi connectivity index (χ1n) is 5.24. The summed E-state index contributed by atoms with van der Waals surface area (Å²) in [6, 6.07) is 1.65. The Hall–Kier alpha value is -1.69. The van der Waals surface area contributed by atoms with E-state index in [1.54, 1.807) is 11.4 Å². The van der Waals surface area contributed by atoms with E-state index >= 15 is 0 Å². The lowest BCUT2D eigenvalue weighted by Gasteiger charge is -2.15. The Bertz CT molecular complexity index is 515. The average molecular weight is 251 g/mol. The first kappa shape index (κ1) is 10.5. The van der Waals surface area contributed by atoms with E-state index in [1.807, 2.05) is 0 Å². The number of aromatic carboxylic acids is 1. The van der Waals surface area contributed by atoms with E-state index in [0.717, 1.165) is 11.3 Å². The van der Waals surface area contributed by atoms with Gasteiger partial charge in [-0.15, -0.1) is 11.3 Å². The van der Waals surface area contributed by atoms with Crippen molar-refractivity contribution in [3.8, 4) is 0 Å². The predicted octanol–water partition coefficient (Wildman–Crippen LogP) is 0.951. The van der Waals surface area contributed by atoms with Crippen molar-refractivity contribution in [1.29, 1.82) is 0 Å². The molecule has 1 N–H and O–H groups in total. The van der Waals surface area contributed by atoms with Crippen LogP contribution in [0, 0.1) is 11.8 Å². The second kappa shape index (κ2) is 3.40. The molecule has 1 saturated heterocycles. The van der Waals surface area contributed by atoms with E-state index in [1.165, 1.54) is 4.90 Å². The molecule has 1 aromatic heterocycles. The van der Waals surface area contributed by atoms with Gasteiger partial charge in [-0.2, -0.15) is 0 Å². The fraction of sp³-hybridized carbons (Fsp3) is 0.364. The van der Waals surface area contributed by atoms with Crippen LogP contribution in [-0.4, -0.2) is 27.8 Å². The summed E-state index contributed by atoms with van der Waals surface area (Å²) < 4.78 is 0. The van der Waals surface area contributed by atoms with Crippen molar-refractivity contribution < 1.29 is 19.5 Å². The highest BCUT2D eigenvalue weighted by atomic mass is 32.1. The van der Waals surface area contributed by atoms with E-state index in [4.69, 9.17) is 5.11 Å². The van der Waals surface area contributed by atoms with Crippen molar-refractivity contribution in [2.24, 2.45) is 11.8 Å². The third-order valence-corrected chi connectivity index (χ3v) is 4.17. The molecule has 5 nitrogen and oxygen atoms in total. The third-order valence-electron chi connectivity index (χ3n) is 3.23. The molecule has 2 amide bonds. The molecule has 0 bridgehead atoms. The number of likely N-dealkylation sites (tertiary alicyclic amines) is 1. The molecule has 2 atom stereocenters. The van der Waals surface area contributed by atoms with Gasteiger partial charge in [0.25, 0.3) is 0 Å². The second-order valence-corrected chi connectivity index (χ2v) is 5.21. The number of carboxylic acid groups (broad SMARTS) is 1. The Balaban J connectivity index is 1.83. The van der Waals surface area contributed by atoms with Crippen LogP contribution in [0.5, 0.6) is 0 Å². The summed E-state index contributed by atoms with van der Waals surface area (Å²) in [6.07, 6.45) is 0.670. The Kier molecular flexibility index (Phi) is 2.09. The quantitative estimate of drug-likeness (QED) is 0.812. The van der Waals surface area contributed by atoms with Gasteiger partial charge in [-0.1, -0.05) is 0 Å². The van der Waals surface area contributed by atoms with Crippen molar-refractivity contribution in [1.82, 2.24) is 4.90 Å². The lowest BCUT2D eigenvalue weighted by Crippen LogP contribution is -2.32. The van der Waals surface area contributed by atoms with Crippen molar-refractivity contribution in [3.05, 3.63) is 21.9 Å². The lowest BCUT2D eigenvalue weighted by molar-refractivity contribution is -0.142. The molecular formula is C11H9NO4S. The van der Waals surface area contributed by atoms with E-state index in [9.17, 15) is 14.4 Å². The maximum Gasteiger partial charge on any atom is 0.346 e. The van der Waals surface area contributed by atoms with E-state index in [0.29, 0.717) is 12.0 Å². The minimum absolute atomic E-state index is 0.0931. The Morgan fingerprint density at radius 2 is 2.06 bits per heavy atom. The van der Waals surface area contributed by atoms with Gasteiger partial charge in [0.1, 0.15) is 4.88 Å². The number of amides is 2. The molecule has 3 rings (SSSR count). The van der Waals surface area contributed by atoms with Crippen molar-refractivity contribution in [2.45, 2.75) is 13.0 Å². The molecule has 2 heterocycles. The second-order valence-electron chi connectivity index (χ2n) is 4.29. The van der Waals surface area contributed by atoms with Gasteiger partial charge in [0, 0.05) is 0 Å². The molecule has 1 aliphatic heterocycles. The van der Waals surface area contributed by atoms with E-state index in [2.05, 4.69) is 0 Å². The topological polar surface area (TPSA) is 74.7 Å². The molecular weight excluding hydrogens is 242 g/mol. The van der Waals surface area contributed by atoms with Gasteiger partial charge in [-0.05, 0) is 23.4 Å². The molecule has 1 aliphatic carbocycles. The number of imide groups is 1. The van der Waals surface area contributed by atoms with Crippen LogP contribution in [0.15, 0.2) is 11.4 Å². The molecule has 2 fully saturated rings. The SMILES string of the molecule is O=C(O)c1sccc1CN1C(=O)C2CC2C1=O. The zero-order valence-electron chi connectivity index (χ0n) is 8.75. The summed E-state index contributed by atoms with van der Waals surface area (Å²) in [4.78, 5) is 35.8. The Morgan fingerprint density at radius 3 is 2.65 bits per heavy atom. The third kappa shape index (κ3) is 1.48. The van der Waals surface area contributed by atoms with Crippen molar-refractivity contribution in [3.63, 3.8) is 0 Å². The van der Waals surface area contributed by atoms with Gasteiger partial charge in [0.2, 0.25) is 11.8 Å². The number of carbonyl (C=O) groups excluding carboxylic acids is 2. The lowest BCUT2D eigenvalue weighted by atomic mass is 10.2. The van der Waals surface area contributed by atoms with Crippen LogP contribution >= 0.6 is 11.3 Å². The summed E-state index contributed by atoms with van der Waals surface area (Å²) in [5.74, 6) is -1.58. The molecule has 2 aliphatic rings. The predicted molar refractivity (Wildman–Crippen MR) is 58.4 cm³/mol. The van der Waals surface area contributed by atoms with E-state index < -0.39 is 5.97 Å². The average Bonchev–Trinajstić information content (AvgIpc) is 2.88. The smallest absolute Gasteiger partial charge is 0.346 e. The van der Waals surface area contributed by atoms with Crippen LogP contribution in [0.2, 0.25) is 0 Å². The summed E-state index contributed by atoms with van der Waals surface area (Å²) in [7, 11) is 0. The van der Waals surface area contributed by atoms with Crippen LogP contribution in [-0.2, 0) is 16.1 Å². The summed E-state index contributed by atoms with van der Waals surface area (Å²) in [5.41, 5.74) is 0.533. The van der Waals surface area contributed by atoms with Crippen LogP contribution in [0.25, 0.3) is 0 Å². The number of fused-ring (bicyclic) bond motifs is 1. The molecule has 0 spiro atoms. The highest BCUT2D eigenvalue weighted by Gasteiger charge is 2.58. The molecule has 6 heteroatoms. The highest BCUT2D eigenvalue weighted by Crippen LogP contribution is 2.47. The van der Waals surface area contributed by atoms with Gasteiger partial charge >= 0.3 is 5.97 Å². The zero-order chi connectivity index (χ0) is 12.2. The molecule has 2 unspecified atom stereocenters. The standard InChI is InChI=1S/C11H9NO4S/c13-9-6-3-7(6)10(14)12(9)4-5-1-2-17-8(5)11(15)16/h1-2,6-7H,3-4H2,(H,15,16). The maximum atomic E-state index is 11.7. The zero-order valence-corrected chi connectivity index (χ0v) is 9.57. The molecule has 0 aromatic carbocycles. The first-order chi connectivity index (χ1) is 8.09. The fourth-order valence-corrected chi connectivity index (χ4v) is 2.98. The summed E-state index contributed by atoms with van der Waals surface area (Å²) in [5, 5.41) is 10.6. The minimum Gasteiger partial charge on any atom is -0.477 e. The van der Waals surface area contributed by atoms with Gasteiger partial charge in [-0.3, -0.25) is 14.5 Å². The summed E-state index contributed by atoms with van der Waals surface area (Å²) >= 11 is 1.11. The molecule has 0 radical (unpaired) electrons.